The maximum Gasteiger partial charge on any atom is 0.310 e. The van der Waals surface area contributed by atoms with Crippen LogP contribution in [-0.2, 0) is 28.6 Å². The number of carbonyl (C=O) groups excluding carboxylic acids is 3. The second kappa shape index (κ2) is 8.04. The number of hydrogen-bond acceptors (Lipinski definition) is 6. The van der Waals surface area contributed by atoms with Crippen LogP contribution in [0, 0.1) is 0 Å². The molecular weight excluding hydrogens is 256 g/mol. The van der Waals surface area contributed by atoms with Gasteiger partial charge in [0.2, 0.25) is 0 Å². The van der Waals surface area contributed by atoms with Crippen LogP contribution in [0.4, 0.5) is 0 Å². The molecule has 0 atom stereocenters. The van der Waals surface area contributed by atoms with E-state index in [1.54, 1.807) is 0 Å². The minimum Gasteiger partial charge on any atom is -0.377 e. The van der Waals surface area contributed by atoms with Gasteiger partial charge >= 0.3 is 8.07 Å². The predicted octanol–water partition coefficient (Wildman–Crippen LogP) is -0.575. The van der Waals surface area contributed by atoms with E-state index in [0.29, 0.717) is 0 Å². The number of ether oxygens (including phenoxy) is 3. The molecule has 0 aliphatic carbocycles. The summed E-state index contributed by atoms with van der Waals surface area (Å²) in [4.78, 5) is 36.1. The van der Waals surface area contributed by atoms with E-state index in [9.17, 15) is 14.4 Å². The zero-order valence-electron chi connectivity index (χ0n) is 10.9. The number of methoxy groups -OCH3 is 3. The Morgan fingerprint density at radius 3 is 1.33 bits per heavy atom. The van der Waals surface area contributed by atoms with Gasteiger partial charge in [0, 0.05) is 21.3 Å². The van der Waals surface area contributed by atoms with Crippen molar-refractivity contribution in [3.63, 3.8) is 0 Å². The van der Waals surface area contributed by atoms with Crippen molar-refractivity contribution in [2.75, 3.05) is 41.2 Å². The highest BCUT2D eigenvalue weighted by Gasteiger charge is 2.52. The van der Waals surface area contributed by atoms with Gasteiger partial charge < -0.3 is 28.6 Å². The summed E-state index contributed by atoms with van der Waals surface area (Å²) in [5, 5.41) is -1.61. The second-order valence-corrected chi connectivity index (χ2v) is 7.28. The lowest BCUT2D eigenvalue weighted by Gasteiger charge is -2.22. The fourth-order valence-corrected chi connectivity index (χ4v) is 4.27. The molecule has 0 rings (SSSR count). The summed E-state index contributed by atoms with van der Waals surface area (Å²) in [6.45, 7) is 2.57. The minimum absolute atomic E-state index is 0.302. The van der Waals surface area contributed by atoms with Gasteiger partial charge in [-0.25, -0.2) is 0 Å². The highest BCUT2D eigenvalue weighted by atomic mass is 28.3. The van der Waals surface area contributed by atoms with E-state index < -0.39 is 24.3 Å². The highest BCUT2D eigenvalue weighted by Crippen LogP contribution is 2.11. The second-order valence-electron chi connectivity index (χ2n) is 3.58. The van der Waals surface area contributed by atoms with Crippen molar-refractivity contribution in [3.05, 3.63) is 12.3 Å². The normalized spacial score (nSPS) is 11.1. The van der Waals surface area contributed by atoms with Crippen molar-refractivity contribution in [2.45, 2.75) is 0 Å². The molecule has 0 aromatic heterocycles. The summed E-state index contributed by atoms with van der Waals surface area (Å²) in [5.41, 5.74) is 1.16. The molecule has 102 valence electrons. The van der Waals surface area contributed by atoms with Crippen LogP contribution < -0.4 is 0 Å². The Kier molecular flexibility index (Phi) is 7.52. The summed E-state index contributed by atoms with van der Waals surface area (Å²) in [7, 11) is 0.293. The van der Waals surface area contributed by atoms with Crippen LogP contribution in [0.3, 0.4) is 0 Å². The largest absolute Gasteiger partial charge is 0.377 e. The molecule has 0 unspecified atom stereocenters. The average Bonchev–Trinajstić information content (AvgIpc) is 2.31. The van der Waals surface area contributed by atoms with Gasteiger partial charge in [-0.3, -0.25) is 0 Å². The molecule has 0 heterocycles. The molecule has 18 heavy (non-hydrogen) atoms. The summed E-state index contributed by atoms with van der Waals surface area (Å²) in [5.74, 6) is 0. The minimum atomic E-state index is -3.67. The van der Waals surface area contributed by atoms with Crippen molar-refractivity contribution >= 4 is 24.3 Å². The third-order valence-corrected chi connectivity index (χ3v) is 6.14. The van der Waals surface area contributed by atoms with Crippen LogP contribution >= 0.6 is 0 Å². The maximum absolute atomic E-state index is 12.0. The molecule has 0 fully saturated rings. The Balaban J connectivity index is 5.45. The molecule has 0 aromatic carbocycles. The third kappa shape index (κ3) is 3.42. The molecule has 7 heteroatoms. The van der Waals surface area contributed by atoms with Gasteiger partial charge in [-0.2, -0.15) is 0 Å². The maximum atomic E-state index is 12.0. The monoisotopic (exact) mass is 274 g/mol. The van der Waals surface area contributed by atoms with Crippen molar-refractivity contribution in [1.82, 2.24) is 0 Å². The summed E-state index contributed by atoms with van der Waals surface area (Å²) in [6, 6.07) is 0. The van der Waals surface area contributed by atoms with Gasteiger partial charge in [-0.1, -0.05) is 5.70 Å². The Morgan fingerprint density at radius 1 is 0.889 bits per heavy atom. The standard InChI is InChI=1S/C11H18O6Si/c1-5-18(9(12)6-15-2,10(13)7-16-3)11(14)8-17-4/h5H,1,6-8H2,2-4H3. The molecular formula is C11H18O6Si. The molecule has 0 amide bonds. The van der Waals surface area contributed by atoms with Gasteiger partial charge in [-0.05, 0) is 0 Å². The smallest absolute Gasteiger partial charge is 0.310 e. The molecule has 0 aliphatic heterocycles. The van der Waals surface area contributed by atoms with E-state index in [2.05, 4.69) is 6.58 Å². The van der Waals surface area contributed by atoms with Gasteiger partial charge in [0.1, 0.15) is 19.8 Å². The Hall–Kier alpha value is -1.15. The quantitative estimate of drug-likeness (QED) is 0.496. The molecule has 0 aromatic rings. The zero-order chi connectivity index (χ0) is 14.2. The molecule has 6 nitrogen and oxygen atoms in total. The third-order valence-electron chi connectivity index (χ3n) is 2.45. The van der Waals surface area contributed by atoms with Gasteiger partial charge in [0.05, 0.1) is 0 Å². The SMILES string of the molecule is C=C[Si](C(=O)COC)(C(=O)COC)C(=O)COC. The first-order valence-corrected chi connectivity index (χ1v) is 7.29. The summed E-state index contributed by atoms with van der Waals surface area (Å²) < 4.78 is 14.2. The predicted molar refractivity (Wildman–Crippen MR) is 66.6 cm³/mol. The van der Waals surface area contributed by atoms with Crippen LogP contribution in [0.2, 0.25) is 0 Å². The molecule has 0 N–H and O–H groups in total. The number of hydrogen-bond donors (Lipinski definition) is 0. The van der Waals surface area contributed by atoms with E-state index in [4.69, 9.17) is 14.2 Å². The fourth-order valence-electron chi connectivity index (χ4n) is 1.54. The molecule has 0 spiro atoms. The van der Waals surface area contributed by atoms with Crippen LogP contribution in [0.25, 0.3) is 0 Å². The van der Waals surface area contributed by atoms with Crippen LogP contribution in [0.1, 0.15) is 0 Å². The molecule has 0 bridgehead atoms. The van der Waals surface area contributed by atoms with Gasteiger partial charge in [0.15, 0.2) is 16.2 Å². The van der Waals surface area contributed by atoms with Gasteiger partial charge in [-0.15, -0.1) is 6.58 Å². The van der Waals surface area contributed by atoms with Crippen molar-refractivity contribution in [3.8, 4) is 0 Å². The number of rotatable bonds is 10. The van der Waals surface area contributed by atoms with E-state index in [1.807, 2.05) is 0 Å². The molecule has 0 saturated heterocycles. The van der Waals surface area contributed by atoms with E-state index in [1.165, 1.54) is 21.3 Å². The van der Waals surface area contributed by atoms with E-state index >= 15 is 0 Å². The lowest BCUT2D eigenvalue weighted by Crippen LogP contribution is -2.62. The van der Waals surface area contributed by atoms with Gasteiger partial charge in [0.25, 0.3) is 0 Å². The summed E-state index contributed by atoms with van der Waals surface area (Å²) in [6.07, 6.45) is 0. The summed E-state index contributed by atoms with van der Waals surface area (Å²) >= 11 is 0. The first-order valence-electron chi connectivity index (χ1n) is 5.21. The van der Waals surface area contributed by atoms with E-state index in [0.717, 1.165) is 5.70 Å². The lowest BCUT2D eigenvalue weighted by atomic mass is 10.8. The van der Waals surface area contributed by atoms with Crippen LogP contribution in [-0.4, -0.2) is 65.4 Å². The van der Waals surface area contributed by atoms with Crippen molar-refractivity contribution in [1.29, 1.82) is 0 Å². The first kappa shape index (κ1) is 16.8. The van der Waals surface area contributed by atoms with Crippen LogP contribution in [0.15, 0.2) is 12.3 Å². The highest BCUT2D eigenvalue weighted by molar-refractivity contribution is 7.43. The number of carbonyl (C=O) groups is 3. The van der Waals surface area contributed by atoms with Crippen molar-refractivity contribution < 1.29 is 28.6 Å². The molecule has 0 aliphatic rings. The Labute approximate surface area is 107 Å². The zero-order valence-corrected chi connectivity index (χ0v) is 11.9. The Bertz CT molecular complexity index is 293. The van der Waals surface area contributed by atoms with E-state index in [-0.39, 0.29) is 19.8 Å². The fraction of sp³-hybridized carbons (Fsp3) is 0.545. The van der Waals surface area contributed by atoms with Crippen LogP contribution in [0.5, 0.6) is 0 Å². The topological polar surface area (TPSA) is 78.9 Å². The Morgan fingerprint density at radius 2 is 1.17 bits per heavy atom. The molecule has 0 radical (unpaired) electrons. The first-order chi connectivity index (χ1) is 8.50. The molecule has 0 saturated carbocycles. The lowest BCUT2D eigenvalue weighted by molar-refractivity contribution is -0.123. The van der Waals surface area contributed by atoms with Crippen molar-refractivity contribution in [2.24, 2.45) is 0 Å². The average molecular weight is 274 g/mol.